The van der Waals surface area contributed by atoms with Crippen LogP contribution in [0.3, 0.4) is 0 Å². The van der Waals surface area contributed by atoms with Gasteiger partial charge in [0, 0.05) is 22.3 Å². The highest BCUT2D eigenvalue weighted by Crippen LogP contribution is 2.32. The number of imidazole rings is 1. The lowest BCUT2D eigenvalue weighted by molar-refractivity contribution is -0.652. The zero-order valence-electron chi connectivity index (χ0n) is 21.2. The van der Waals surface area contributed by atoms with E-state index in [1.807, 2.05) is 0 Å². The van der Waals surface area contributed by atoms with Crippen molar-refractivity contribution >= 4 is 6.47 Å². The summed E-state index contributed by atoms with van der Waals surface area (Å²) in [7, 11) is 0. The van der Waals surface area contributed by atoms with Gasteiger partial charge in [-0.1, -0.05) is 91.8 Å². The third-order valence-corrected chi connectivity index (χ3v) is 5.88. The summed E-state index contributed by atoms with van der Waals surface area (Å²) in [6, 6.07) is 13.5. The predicted octanol–water partition coefficient (Wildman–Crippen LogP) is 5.68. The van der Waals surface area contributed by atoms with Crippen molar-refractivity contribution in [3.05, 3.63) is 77.4 Å². The van der Waals surface area contributed by atoms with Crippen LogP contribution in [-0.2, 0) is 9.68 Å². The summed E-state index contributed by atoms with van der Waals surface area (Å²) in [5.74, 6) is 1.92. The Bertz CT molecular complexity index is 919. The highest BCUT2D eigenvalue weighted by Gasteiger charge is 2.23. The Morgan fingerprint density at radius 2 is 1.18 bits per heavy atom. The van der Waals surface area contributed by atoms with Gasteiger partial charge in [0.1, 0.15) is 23.8 Å². The standard InChI is InChI=1S/C27H37N2.CH2O3/c1-18(2)22-11-9-12-23(19(3)4)26(22)28-15-16-29(17-28)27-24(20(5)6)13-10-14-25(27)21(7)8;2-1-4-3/h9-21H,1-8H3;1,3H/q+1;/p-1. The van der Waals surface area contributed by atoms with E-state index in [9.17, 15) is 0 Å². The Labute approximate surface area is 198 Å². The maximum atomic E-state index is 8.64. The zero-order valence-corrected chi connectivity index (χ0v) is 21.2. The molecule has 5 heteroatoms. The molecule has 0 atom stereocenters. The number of nitrogens with zero attached hydrogens (tertiary/aromatic N) is 2. The topological polar surface area (TPSA) is 58.2 Å². The van der Waals surface area contributed by atoms with Crippen LogP contribution in [0.4, 0.5) is 0 Å². The molecule has 5 nitrogen and oxygen atoms in total. The van der Waals surface area contributed by atoms with Gasteiger partial charge in [-0.2, -0.15) is 0 Å². The molecular weight excluding hydrogens is 412 g/mol. The predicted molar refractivity (Wildman–Crippen MR) is 131 cm³/mol. The fourth-order valence-electron chi connectivity index (χ4n) is 4.24. The molecule has 0 unspecified atom stereocenters. The lowest BCUT2D eigenvalue weighted by Gasteiger charge is -2.17. The smallest absolute Gasteiger partial charge is 0.287 e. The summed E-state index contributed by atoms with van der Waals surface area (Å²) in [5, 5.41) is 8.43. The number of carbonyl (C=O) groups excluding carboxylic acids is 1. The van der Waals surface area contributed by atoms with Crippen LogP contribution in [0, 0.1) is 0 Å². The average molecular weight is 451 g/mol. The van der Waals surface area contributed by atoms with E-state index in [1.54, 1.807) is 0 Å². The molecule has 0 fully saturated rings. The van der Waals surface area contributed by atoms with Crippen LogP contribution in [0.25, 0.3) is 11.4 Å². The quantitative estimate of drug-likeness (QED) is 0.201. The van der Waals surface area contributed by atoms with Crippen LogP contribution in [0.1, 0.15) is 101 Å². The third-order valence-electron chi connectivity index (χ3n) is 5.88. The second-order valence-corrected chi connectivity index (χ2v) is 9.61. The Morgan fingerprint density at radius 3 is 1.55 bits per heavy atom. The molecule has 0 amide bonds. The van der Waals surface area contributed by atoms with Crippen molar-refractivity contribution in [2.75, 3.05) is 0 Å². The van der Waals surface area contributed by atoms with E-state index >= 15 is 0 Å². The lowest BCUT2D eigenvalue weighted by atomic mass is 9.92. The SMILES string of the molecule is CC(C)c1cccc(C(C)C)c1-n1cc[n+](-c2c(C(C)C)cccc2C(C)C)c1.O=CO[O-]. The van der Waals surface area contributed by atoms with Crippen molar-refractivity contribution in [3.63, 3.8) is 0 Å². The summed E-state index contributed by atoms with van der Waals surface area (Å²) in [4.78, 5) is 11.2. The van der Waals surface area contributed by atoms with Crippen LogP contribution < -0.4 is 9.82 Å². The molecule has 33 heavy (non-hydrogen) atoms. The summed E-state index contributed by atoms with van der Waals surface area (Å²) in [5.41, 5.74) is 8.29. The van der Waals surface area contributed by atoms with Crippen LogP contribution in [0.2, 0.25) is 0 Å². The maximum Gasteiger partial charge on any atom is 0.287 e. The molecule has 0 N–H and O–H groups in total. The van der Waals surface area contributed by atoms with Crippen molar-refractivity contribution in [1.82, 2.24) is 4.57 Å². The average Bonchev–Trinajstić information content (AvgIpc) is 3.27. The Kier molecular flexibility index (Phi) is 9.42. The number of carbonyl (C=O) groups is 1. The van der Waals surface area contributed by atoms with E-state index in [0.717, 1.165) is 0 Å². The fraction of sp³-hybridized carbons (Fsp3) is 0.429. The minimum Gasteiger partial charge on any atom is -0.662 e. The summed E-state index contributed by atoms with van der Waals surface area (Å²) >= 11 is 0. The number of para-hydroxylation sites is 2. The van der Waals surface area contributed by atoms with Gasteiger partial charge in [-0.3, -0.25) is 4.79 Å². The molecule has 0 bridgehead atoms. The first kappa shape index (κ1) is 26.3. The van der Waals surface area contributed by atoms with Gasteiger partial charge in [0.15, 0.2) is 0 Å². The van der Waals surface area contributed by atoms with Crippen molar-refractivity contribution in [2.24, 2.45) is 0 Å². The molecule has 0 saturated heterocycles. The Hall–Kier alpha value is -2.92. The molecule has 2 aromatic carbocycles. The molecule has 0 spiro atoms. The molecule has 0 radical (unpaired) electrons. The summed E-state index contributed by atoms with van der Waals surface area (Å²) < 4.78 is 4.65. The normalized spacial score (nSPS) is 11.2. The zero-order chi connectivity index (χ0) is 24.7. The highest BCUT2D eigenvalue weighted by atomic mass is 17.1. The van der Waals surface area contributed by atoms with E-state index in [0.29, 0.717) is 23.7 Å². The van der Waals surface area contributed by atoms with Gasteiger partial charge < -0.3 is 10.1 Å². The number of aromatic nitrogens is 2. The molecule has 3 rings (SSSR count). The fourth-order valence-corrected chi connectivity index (χ4v) is 4.24. The van der Waals surface area contributed by atoms with Crippen LogP contribution in [0.5, 0.6) is 0 Å². The van der Waals surface area contributed by atoms with Gasteiger partial charge in [-0.15, -0.1) is 0 Å². The molecular formula is C28H38N2O3. The van der Waals surface area contributed by atoms with E-state index in [4.69, 9.17) is 10.1 Å². The van der Waals surface area contributed by atoms with Crippen LogP contribution in [-0.4, -0.2) is 11.0 Å². The molecule has 0 saturated carbocycles. The van der Waals surface area contributed by atoms with Crippen molar-refractivity contribution in [3.8, 4) is 11.4 Å². The third kappa shape index (κ3) is 6.11. The van der Waals surface area contributed by atoms with Crippen LogP contribution in [0.15, 0.2) is 55.1 Å². The van der Waals surface area contributed by atoms with Gasteiger partial charge in [0.25, 0.3) is 12.8 Å². The van der Waals surface area contributed by atoms with Crippen molar-refractivity contribution in [2.45, 2.75) is 79.1 Å². The number of hydrogen-bond acceptors (Lipinski definition) is 3. The van der Waals surface area contributed by atoms with Crippen molar-refractivity contribution in [1.29, 1.82) is 0 Å². The number of rotatable bonds is 7. The van der Waals surface area contributed by atoms with Crippen LogP contribution >= 0.6 is 0 Å². The minimum atomic E-state index is -0.181. The number of benzene rings is 2. The maximum absolute atomic E-state index is 8.64. The lowest BCUT2D eigenvalue weighted by Crippen LogP contribution is -2.31. The Balaban J connectivity index is 0.000000890. The summed E-state index contributed by atoms with van der Waals surface area (Å²) in [6.07, 6.45) is 6.70. The van der Waals surface area contributed by atoms with Crippen molar-refractivity contribution < 1.29 is 19.5 Å². The van der Waals surface area contributed by atoms with Gasteiger partial charge >= 0.3 is 0 Å². The van der Waals surface area contributed by atoms with Gasteiger partial charge in [-0.25, -0.2) is 9.13 Å². The molecule has 0 aliphatic carbocycles. The van der Waals surface area contributed by atoms with E-state index in [2.05, 4.69) is 125 Å². The second-order valence-electron chi connectivity index (χ2n) is 9.61. The molecule has 0 aliphatic heterocycles. The highest BCUT2D eigenvalue weighted by molar-refractivity contribution is 5.51. The van der Waals surface area contributed by atoms with Gasteiger partial charge in [-0.05, 0) is 23.7 Å². The van der Waals surface area contributed by atoms with E-state index < -0.39 is 0 Å². The monoisotopic (exact) mass is 450 g/mol. The van der Waals surface area contributed by atoms with Gasteiger partial charge in [0.2, 0.25) is 0 Å². The van der Waals surface area contributed by atoms with E-state index in [-0.39, 0.29) is 6.47 Å². The second kappa shape index (κ2) is 11.8. The molecule has 178 valence electrons. The molecule has 1 aromatic heterocycles. The van der Waals surface area contributed by atoms with E-state index in [1.165, 1.54) is 33.6 Å². The number of hydrogen-bond donors (Lipinski definition) is 0. The Morgan fingerprint density at radius 1 is 0.788 bits per heavy atom. The first-order valence-corrected chi connectivity index (χ1v) is 11.7. The molecule has 3 aromatic rings. The molecule has 0 aliphatic rings. The first-order chi connectivity index (χ1) is 15.6. The first-order valence-electron chi connectivity index (χ1n) is 11.7. The summed E-state index contributed by atoms with van der Waals surface area (Å²) in [6.45, 7) is 18.1. The molecule has 1 heterocycles. The minimum absolute atomic E-state index is 0.181. The van der Waals surface area contributed by atoms with Gasteiger partial charge in [0.05, 0.1) is 0 Å². The largest absolute Gasteiger partial charge is 0.662 e.